The van der Waals surface area contributed by atoms with Crippen molar-refractivity contribution in [3.63, 3.8) is 0 Å². The molecule has 3 rings (SSSR count). The normalized spacial score (nSPS) is 14.4. The average Bonchev–Trinajstić information content (AvgIpc) is 2.85. The van der Waals surface area contributed by atoms with Crippen LogP contribution in [0.5, 0.6) is 0 Å². The maximum Gasteiger partial charge on any atom is 0.101 e. The second-order valence-electron chi connectivity index (χ2n) is 4.50. The average molecular weight is 249 g/mol. The lowest BCUT2D eigenvalue weighted by Gasteiger charge is -2.27. The van der Waals surface area contributed by atoms with Crippen LogP contribution in [0.2, 0.25) is 0 Å². The zero-order chi connectivity index (χ0) is 13.2. The molecule has 19 heavy (non-hydrogen) atoms. The number of benzene rings is 1. The fraction of sp³-hybridized carbons (Fsp3) is 0.214. The van der Waals surface area contributed by atoms with Gasteiger partial charge >= 0.3 is 0 Å². The highest BCUT2D eigenvalue weighted by Gasteiger charge is 2.23. The molecule has 1 aliphatic rings. The molecule has 0 saturated carbocycles. The third kappa shape index (κ3) is 1.87. The van der Waals surface area contributed by atoms with Gasteiger partial charge in [-0.2, -0.15) is 10.5 Å². The van der Waals surface area contributed by atoms with Crippen LogP contribution in [0.4, 0.5) is 0 Å². The van der Waals surface area contributed by atoms with E-state index in [0.29, 0.717) is 17.0 Å². The molecule has 92 valence electrons. The van der Waals surface area contributed by atoms with Crippen molar-refractivity contribution in [2.45, 2.75) is 5.92 Å². The van der Waals surface area contributed by atoms with Crippen molar-refractivity contribution in [3.8, 4) is 17.8 Å². The summed E-state index contributed by atoms with van der Waals surface area (Å²) in [5, 5.41) is 21.2. The summed E-state index contributed by atoms with van der Waals surface area (Å²) in [7, 11) is 0. The lowest BCUT2D eigenvalue weighted by Crippen LogP contribution is -2.40. The first-order valence-corrected chi connectivity index (χ1v) is 6.01. The summed E-state index contributed by atoms with van der Waals surface area (Å²) in [6.45, 7) is 1.90. The van der Waals surface area contributed by atoms with Gasteiger partial charge in [-0.3, -0.25) is 0 Å². The Labute approximate surface area is 110 Å². The second kappa shape index (κ2) is 4.56. The molecule has 1 N–H and O–H groups in total. The van der Waals surface area contributed by atoms with Gasteiger partial charge in [0.15, 0.2) is 0 Å². The van der Waals surface area contributed by atoms with Gasteiger partial charge in [0.1, 0.15) is 12.1 Å². The first-order valence-electron chi connectivity index (χ1n) is 6.01. The Morgan fingerprint density at radius 1 is 1.21 bits per heavy atom. The lowest BCUT2D eigenvalue weighted by atomic mass is 9.99. The van der Waals surface area contributed by atoms with Gasteiger partial charge in [-0.05, 0) is 18.2 Å². The Morgan fingerprint density at radius 3 is 2.63 bits per heavy atom. The Hall–Kier alpha value is -2.63. The third-order valence-electron chi connectivity index (χ3n) is 3.39. The monoisotopic (exact) mass is 249 g/mol. The highest BCUT2D eigenvalue weighted by Crippen LogP contribution is 2.23. The van der Waals surface area contributed by atoms with Gasteiger partial charge in [0.25, 0.3) is 0 Å². The van der Waals surface area contributed by atoms with Crippen molar-refractivity contribution < 1.29 is 0 Å². The number of hydrogen-bond donors (Lipinski definition) is 1. The molecule has 0 spiro atoms. The fourth-order valence-electron chi connectivity index (χ4n) is 2.19. The highest BCUT2D eigenvalue weighted by molar-refractivity contribution is 5.52. The zero-order valence-electron chi connectivity index (χ0n) is 10.2. The van der Waals surface area contributed by atoms with Gasteiger partial charge in [0.2, 0.25) is 0 Å². The summed E-state index contributed by atoms with van der Waals surface area (Å²) in [4.78, 5) is 4.19. The van der Waals surface area contributed by atoms with E-state index in [0.717, 1.165) is 24.5 Å². The van der Waals surface area contributed by atoms with Gasteiger partial charge in [-0.15, -0.1) is 0 Å². The maximum atomic E-state index is 9.07. The number of rotatable bonds is 2. The molecule has 0 atom stereocenters. The van der Waals surface area contributed by atoms with Gasteiger partial charge in [-0.25, -0.2) is 4.98 Å². The quantitative estimate of drug-likeness (QED) is 0.870. The topological polar surface area (TPSA) is 77.4 Å². The van der Waals surface area contributed by atoms with Crippen molar-refractivity contribution >= 4 is 0 Å². The fourth-order valence-corrected chi connectivity index (χ4v) is 2.19. The number of imidazole rings is 1. The molecule has 0 aliphatic carbocycles. The first kappa shape index (κ1) is 11.5. The maximum absolute atomic E-state index is 9.07. The van der Waals surface area contributed by atoms with E-state index in [-0.39, 0.29) is 0 Å². The molecule has 1 aromatic heterocycles. The van der Waals surface area contributed by atoms with E-state index in [4.69, 9.17) is 10.5 Å². The molecule has 0 bridgehead atoms. The van der Waals surface area contributed by atoms with E-state index in [1.54, 1.807) is 18.5 Å². The summed E-state index contributed by atoms with van der Waals surface area (Å²) in [5.74, 6) is 0.462. The zero-order valence-corrected chi connectivity index (χ0v) is 10.2. The highest BCUT2D eigenvalue weighted by atomic mass is 15.1. The number of hydrogen-bond acceptors (Lipinski definition) is 4. The molecule has 5 heteroatoms. The van der Waals surface area contributed by atoms with E-state index in [1.165, 1.54) is 0 Å². The van der Waals surface area contributed by atoms with Crippen molar-refractivity contribution in [2.75, 3.05) is 13.1 Å². The van der Waals surface area contributed by atoms with E-state index < -0.39 is 0 Å². The van der Waals surface area contributed by atoms with E-state index >= 15 is 0 Å². The predicted octanol–water partition coefficient (Wildman–Crippen LogP) is 1.30. The van der Waals surface area contributed by atoms with Crippen LogP contribution in [0.25, 0.3) is 5.69 Å². The Morgan fingerprint density at radius 2 is 2.00 bits per heavy atom. The van der Waals surface area contributed by atoms with Crippen molar-refractivity contribution in [1.29, 1.82) is 10.5 Å². The Kier molecular flexibility index (Phi) is 2.75. The molecular weight excluding hydrogens is 238 g/mol. The van der Waals surface area contributed by atoms with E-state index in [1.807, 2.05) is 22.9 Å². The summed E-state index contributed by atoms with van der Waals surface area (Å²) >= 11 is 0. The summed E-state index contributed by atoms with van der Waals surface area (Å²) < 4.78 is 1.98. The largest absolute Gasteiger partial charge is 0.315 e. The summed E-state index contributed by atoms with van der Waals surface area (Å²) in [5.41, 5.74) is 2.80. The smallest absolute Gasteiger partial charge is 0.101 e. The molecule has 0 amide bonds. The molecule has 0 radical (unpaired) electrons. The summed E-state index contributed by atoms with van der Waals surface area (Å²) in [6, 6.07) is 9.33. The van der Waals surface area contributed by atoms with E-state index in [2.05, 4.69) is 16.4 Å². The van der Waals surface area contributed by atoms with Crippen LogP contribution in [-0.4, -0.2) is 22.6 Å². The van der Waals surface area contributed by atoms with Crippen molar-refractivity contribution in [1.82, 2.24) is 14.9 Å². The molecule has 5 nitrogen and oxygen atoms in total. The number of nitrogens with one attached hydrogen (secondary N) is 1. The second-order valence-corrected chi connectivity index (χ2v) is 4.50. The van der Waals surface area contributed by atoms with Crippen LogP contribution in [0, 0.1) is 22.7 Å². The number of nitriles is 2. The molecular formula is C14H11N5. The molecule has 1 aromatic carbocycles. The van der Waals surface area contributed by atoms with Crippen LogP contribution in [0.1, 0.15) is 22.7 Å². The summed E-state index contributed by atoms with van der Waals surface area (Å²) in [6.07, 6.45) is 3.60. The van der Waals surface area contributed by atoms with Crippen LogP contribution in [0.3, 0.4) is 0 Å². The predicted molar refractivity (Wildman–Crippen MR) is 68.6 cm³/mol. The van der Waals surface area contributed by atoms with Gasteiger partial charge in [0, 0.05) is 36.6 Å². The van der Waals surface area contributed by atoms with Crippen molar-refractivity contribution in [2.24, 2.45) is 0 Å². The number of aromatic nitrogens is 2. The van der Waals surface area contributed by atoms with Crippen LogP contribution in [-0.2, 0) is 0 Å². The molecule has 1 saturated heterocycles. The molecule has 2 heterocycles. The molecule has 1 fully saturated rings. The minimum atomic E-state index is 0.395. The van der Waals surface area contributed by atoms with Crippen molar-refractivity contribution in [3.05, 3.63) is 47.5 Å². The van der Waals surface area contributed by atoms with E-state index in [9.17, 15) is 0 Å². The Bertz CT molecular complexity index is 697. The molecule has 0 unspecified atom stereocenters. The SMILES string of the molecule is N#Cc1ccc(-n2cncc2C2CNC2)cc1C#N. The molecule has 2 aromatic rings. The minimum Gasteiger partial charge on any atom is -0.315 e. The standard InChI is InChI=1S/C14H11N5/c15-4-10-1-2-13(3-11(10)5-16)19-9-18-8-14(19)12-6-17-7-12/h1-3,8-9,12,17H,6-7H2. The first-order chi connectivity index (χ1) is 9.33. The molecule has 1 aliphatic heterocycles. The van der Waals surface area contributed by atoms with Crippen LogP contribution >= 0.6 is 0 Å². The lowest BCUT2D eigenvalue weighted by molar-refractivity contribution is 0.435. The minimum absolute atomic E-state index is 0.395. The third-order valence-corrected chi connectivity index (χ3v) is 3.39. The van der Waals surface area contributed by atoms with Crippen LogP contribution < -0.4 is 5.32 Å². The number of nitrogens with zero attached hydrogens (tertiary/aromatic N) is 4. The Balaban J connectivity index is 2.06. The van der Waals surface area contributed by atoms with Gasteiger partial charge < -0.3 is 9.88 Å². The van der Waals surface area contributed by atoms with Gasteiger partial charge in [-0.1, -0.05) is 0 Å². The van der Waals surface area contributed by atoms with Gasteiger partial charge in [0.05, 0.1) is 17.5 Å². The van der Waals surface area contributed by atoms with Crippen LogP contribution in [0.15, 0.2) is 30.7 Å².